The van der Waals surface area contributed by atoms with Crippen LogP contribution in [0.5, 0.6) is 0 Å². The summed E-state index contributed by atoms with van der Waals surface area (Å²) in [6, 6.07) is 5.28. The Kier molecular flexibility index (Phi) is 6.06. The van der Waals surface area contributed by atoms with Crippen molar-refractivity contribution in [2.24, 2.45) is 0 Å². The first-order valence-electron chi connectivity index (χ1n) is 7.80. The zero-order valence-electron chi connectivity index (χ0n) is 13.5. The molecule has 1 saturated carbocycles. The molecule has 0 aliphatic heterocycles. The van der Waals surface area contributed by atoms with Gasteiger partial charge >= 0.3 is 0 Å². The molecule has 0 bridgehead atoms. The lowest BCUT2D eigenvalue weighted by molar-refractivity contribution is -0.116. The van der Waals surface area contributed by atoms with Crippen molar-refractivity contribution in [3.05, 3.63) is 28.8 Å². The SMILES string of the molecule is Cc1cc(Cl)ccc1NC(=O)CCN(C1CCCC1)S(C)(=O)=O. The van der Waals surface area contributed by atoms with Crippen LogP contribution in [-0.2, 0) is 14.8 Å². The fraction of sp³-hybridized carbons (Fsp3) is 0.562. The number of hydrogen-bond acceptors (Lipinski definition) is 3. The van der Waals surface area contributed by atoms with E-state index in [0.717, 1.165) is 31.2 Å². The zero-order chi connectivity index (χ0) is 17.0. The molecular weight excluding hydrogens is 336 g/mol. The van der Waals surface area contributed by atoms with Crippen LogP contribution >= 0.6 is 11.6 Å². The molecule has 7 heteroatoms. The van der Waals surface area contributed by atoms with Crippen molar-refractivity contribution in [1.29, 1.82) is 0 Å². The van der Waals surface area contributed by atoms with Crippen LogP contribution in [0.25, 0.3) is 0 Å². The lowest BCUT2D eigenvalue weighted by atomic mass is 10.2. The van der Waals surface area contributed by atoms with Gasteiger partial charge in [0.1, 0.15) is 0 Å². The first kappa shape index (κ1) is 18.2. The normalized spacial score (nSPS) is 16.0. The Balaban J connectivity index is 1.96. The Hall–Kier alpha value is -1.11. The summed E-state index contributed by atoms with van der Waals surface area (Å²) < 4.78 is 25.4. The molecule has 0 unspecified atom stereocenters. The molecule has 0 saturated heterocycles. The van der Waals surface area contributed by atoms with Crippen LogP contribution in [-0.4, -0.2) is 37.5 Å². The Labute approximate surface area is 143 Å². The molecule has 1 amide bonds. The van der Waals surface area contributed by atoms with Crippen molar-refractivity contribution in [2.45, 2.75) is 45.1 Å². The summed E-state index contributed by atoms with van der Waals surface area (Å²) in [5.41, 5.74) is 1.58. The Morgan fingerprint density at radius 2 is 2.00 bits per heavy atom. The fourth-order valence-electron chi connectivity index (χ4n) is 3.00. The number of nitrogens with zero attached hydrogens (tertiary/aromatic N) is 1. The van der Waals surface area contributed by atoms with Crippen LogP contribution < -0.4 is 5.32 Å². The van der Waals surface area contributed by atoms with Crippen molar-refractivity contribution < 1.29 is 13.2 Å². The van der Waals surface area contributed by atoms with E-state index in [9.17, 15) is 13.2 Å². The second-order valence-corrected chi connectivity index (χ2v) is 8.44. The van der Waals surface area contributed by atoms with Crippen LogP contribution in [0.4, 0.5) is 5.69 Å². The van der Waals surface area contributed by atoms with Gasteiger partial charge in [-0.2, -0.15) is 4.31 Å². The molecule has 1 aliphatic carbocycles. The lowest BCUT2D eigenvalue weighted by Crippen LogP contribution is -2.39. The van der Waals surface area contributed by atoms with Crippen LogP contribution in [0.15, 0.2) is 18.2 Å². The molecule has 0 aromatic heterocycles. The number of carbonyl (C=O) groups is 1. The zero-order valence-corrected chi connectivity index (χ0v) is 15.1. The van der Waals surface area contributed by atoms with E-state index in [1.807, 2.05) is 6.92 Å². The van der Waals surface area contributed by atoms with Gasteiger partial charge in [-0.3, -0.25) is 4.79 Å². The summed E-state index contributed by atoms with van der Waals surface area (Å²) in [5.74, 6) is -0.193. The third-order valence-corrected chi connectivity index (χ3v) is 5.75. The topological polar surface area (TPSA) is 66.5 Å². The molecule has 0 radical (unpaired) electrons. The van der Waals surface area contributed by atoms with Crippen molar-refractivity contribution in [2.75, 3.05) is 18.1 Å². The molecule has 0 atom stereocenters. The van der Waals surface area contributed by atoms with E-state index < -0.39 is 10.0 Å². The average molecular weight is 359 g/mol. The quantitative estimate of drug-likeness (QED) is 0.849. The van der Waals surface area contributed by atoms with Crippen LogP contribution in [0.3, 0.4) is 0 Å². The fourth-order valence-corrected chi connectivity index (χ4v) is 4.41. The van der Waals surface area contributed by atoms with Crippen LogP contribution in [0, 0.1) is 6.92 Å². The Bertz CT molecular complexity index is 670. The van der Waals surface area contributed by atoms with Gasteiger partial charge in [0.05, 0.1) is 6.26 Å². The number of hydrogen-bond donors (Lipinski definition) is 1. The number of benzene rings is 1. The Morgan fingerprint density at radius 1 is 1.35 bits per heavy atom. The second kappa shape index (κ2) is 7.64. The highest BCUT2D eigenvalue weighted by Gasteiger charge is 2.29. The lowest BCUT2D eigenvalue weighted by Gasteiger charge is -2.26. The van der Waals surface area contributed by atoms with Crippen molar-refractivity contribution in [1.82, 2.24) is 4.31 Å². The van der Waals surface area contributed by atoms with Gasteiger partial charge < -0.3 is 5.32 Å². The van der Waals surface area contributed by atoms with Crippen LogP contribution in [0.1, 0.15) is 37.7 Å². The summed E-state index contributed by atoms with van der Waals surface area (Å²) in [6.07, 6.45) is 5.22. The number of amides is 1. The first-order valence-corrected chi connectivity index (χ1v) is 10.0. The molecule has 128 valence electrons. The molecule has 2 rings (SSSR count). The van der Waals surface area contributed by atoms with Gasteiger partial charge in [-0.05, 0) is 43.5 Å². The van der Waals surface area contributed by atoms with E-state index in [-0.39, 0.29) is 24.9 Å². The van der Waals surface area contributed by atoms with Gasteiger partial charge in [0.15, 0.2) is 0 Å². The average Bonchev–Trinajstić information content (AvgIpc) is 2.94. The van der Waals surface area contributed by atoms with Gasteiger partial charge in [-0.15, -0.1) is 0 Å². The van der Waals surface area contributed by atoms with E-state index in [0.29, 0.717) is 10.7 Å². The third kappa shape index (κ3) is 5.19. The van der Waals surface area contributed by atoms with Gasteiger partial charge in [0, 0.05) is 29.7 Å². The third-order valence-electron chi connectivity index (χ3n) is 4.18. The number of nitrogens with one attached hydrogen (secondary N) is 1. The molecule has 1 aromatic rings. The second-order valence-electron chi connectivity index (χ2n) is 6.07. The van der Waals surface area contributed by atoms with Gasteiger partial charge in [-0.25, -0.2) is 8.42 Å². The standard InChI is InChI=1S/C16H23ClN2O3S/c1-12-11-13(17)7-8-15(12)18-16(20)9-10-19(23(2,21)22)14-5-3-4-6-14/h7-8,11,14H,3-6,9-10H2,1-2H3,(H,18,20). The number of aryl methyl sites for hydroxylation is 1. The predicted molar refractivity (Wildman–Crippen MR) is 93.2 cm³/mol. The van der Waals surface area contributed by atoms with E-state index in [1.54, 1.807) is 18.2 Å². The van der Waals surface area contributed by atoms with Gasteiger partial charge in [0.25, 0.3) is 0 Å². The van der Waals surface area contributed by atoms with Crippen molar-refractivity contribution in [3.63, 3.8) is 0 Å². The largest absolute Gasteiger partial charge is 0.326 e. The predicted octanol–water partition coefficient (Wildman–Crippen LogP) is 3.18. The summed E-state index contributed by atoms with van der Waals surface area (Å²) >= 11 is 5.89. The summed E-state index contributed by atoms with van der Waals surface area (Å²) in [7, 11) is -3.29. The number of halogens is 1. The van der Waals surface area contributed by atoms with Crippen molar-refractivity contribution >= 4 is 33.2 Å². The maximum absolute atomic E-state index is 12.1. The minimum absolute atomic E-state index is 0.0371. The number of carbonyl (C=O) groups excluding carboxylic acids is 1. The molecule has 0 heterocycles. The molecular formula is C16H23ClN2O3S. The highest BCUT2D eigenvalue weighted by Crippen LogP contribution is 2.25. The molecule has 1 N–H and O–H groups in total. The molecule has 1 aromatic carbocycles. The summed E-state index contributed by atoms with van der Waals surface area (Å²) in [6.45, 7) is 2.09. The van der Waals surface area contributed by atoms with E-state index in [1.165, 1.54) is 10.6 Å². The highest BCUT2D eigenvalue weighted by atomic mass is 35.5. The molecule has 1 fully saturated rings. The monoisotopic (exact) mass is 358 g/mol. The number of rotatable bonds is 6. The molecule has 0 spiro atoms. The molecule has 23 heavy (non-hydrogen) atoms. The van der Waals surface area contributed by atoms with Gasteiger partial charge in [-0.1, -0.05) is 24.4 Å². The van der Waals surface area contributed by atoms with E-state index >= 15 is 0 Å². The molecule has 1 aliphatic rings. The minimum atomic E-state index is -3.29. The summed E-state index contributed by atoms with van der Waals surface area (Å²) in [5, 5.41) is 3.43. The maximum Gasteiger partial charge on any atom is 0.225 e. The van der Waals surface area contributed by atoms with E-state index in [4.69, 9.17) is 11.6 Å². The van der Waals surface area contributed by atoms with E-state index in [2.05, 4.69) is 5.32 Å². The molecule has 5 nitrogen and oxygen atoms in total. The maximum atomic E-state index is 12.1. The highest BCUT2D eigenvalue weighted by molar-refractivity contribution is 7.88. The summed E-state index contributed by atoms with van der Waals surface area (Å²) in [4.78, 5) is 12.1. The number of sulfonamides is 1. The Morgan fingerprint density at radius 3 is 2.57 bits per heavy atom. The first-order chi connectivity index (χ1) is 10.8. The minimum Gasteiger partial charge on any atom is -0.326 e. The smallest absolute Gasteiger partial charge is 0.225 e. The number of anilines is 1. The van der Waals surface area contributed by atoms with Crippen LogP contribution in [0.2, 0.25) is 5.02 Å². The van der Waals surface area contributed by atoms with Gasteiger partial charge in [0.2, 0.25) is 15.9 Å². The van der Waals surface area contributed by atoms with Crippen molar-refractivity contribution in [3.8, 4) is 0 Å².